The number of likely N-dealkylation sites (tertiary alicyclic amines) is 1. The van der Waals surface area contributed by atoms with Gasteiger partial charge in [-0.15, -0.1) is 11.3 Å². The van der Waals surface area contributed by atoms with E-state index in [1.54, 1.807) is 33.9 Å². The number of aliphatic hydroxyl groups is 1. The highest BCUT2D eigenvalue weighted by atomic mass is 32.1. The number of nitrogens with zero attached hydrogens (tertiary/aromatic N) is 5. The lowest BCUT2D eigenvalue weighted by molar-refractivity contribution is -0.121. The van der Waals surface area contributed by atoms with E-state index in [9.17, 15) is 9.59 Å². The summed E-state index contributed by atoms with van der Waals surface area (Å²) in [5, 5.41) is 26.8. The molecule has 0 bridgehead atoms. The number of nitrogens with one attached hydrogen (secondary N) is 3. The van der Waals surface area contributed by atoms with E-state index >= 15 is 0 Å². The number of carbonyl (C=O) groups excluding carboxylic acids is 2. The Morgan fingerprint density at radius 1 is 1.24 bits per heavy atom. The zero-order valence-corrected chi connectivity index (χ0v) is 22.0. The normalized spacial score (nSPS) is 19.4. The van der Waals surface area contributed by atoms with Crippen molar-refractivity contribution in [3.05, 3.63) is 54.0 Å². The molecule has 1 atom stereocenters. The Morgan fingerprint density at radius 2 is 2.08 bits per heavy atom. The standard InChI is InChI=1S/C25H32N8O3S/c1-16-20(8-18(10-26-16)29-22(35)14-31-5-4-25(2,3)15-31)30-23(36)19-11-28-33-13-21(37-24(19)33)17-9-27-32(12-17)6-7-34/h8-13,16,26,34H,4-7,14-15H2,1-3H3,(H,29,35)(H,30,36). The van der Waals surface area contributed by atoms with Crippen LogP contribution in [0.1, 0.15) is 37.6 Å². The molecule has 2 aliphatic heterocycles. The number of dihydropyridines is 1. The fourth-order valence-corrected chi connectivity index (χ4v) is 5.64. The Balaban J connectivity index is 1.25. The molecule has 11 nitrogen and oxygen atoms in total. The zero-order valence-electron chi connectivity index (χ0n) is 21.2. The number of hydrogen-bond donors (Lipinski definition) is 4. The molecule has 37 heavy (non-hydrogen) atoms. The molecule has 0 spiro atoms. The van der Waals surface area contributed by atoms with Crippen LogP contribution in [-0.4, -0.2) is 73.5 Å². The molecule has 3 aromatic rings. The molecule has 0 radical (unpaired) electrons. The summed E-state index contributed by atoms with van der Waals surface area (Å²) in [7, 11) is 0. The van der Waals surface area contributed by atoms with Gasteiger partial charge >= 0.3 is 0 Å². The molecule has 0 aromatic carbocycles. The maximum absolute atomic E-state index is 13.2. The van der Waals surface area contributed by atoms with E-state index in [-0.39, 0.29) is 29.9 Å². The summed E-state index contributed by atoms with van der Waals surface area (Å²) in [6, 6.07) is -0.133. The first-order chi connectivity index (χ1) is 17.7. The highest BCUT2D eigenvalue weighted by Crippen LogP contribution is 2.30. The van der Waals surface area contributed by atoms with Crippen molar-refractivity contribution in [1.29, 1.82) is 0 Å². The number of fused-ring (bicyclic) bond motifs is 1. The van der Waals surface area contributed by atoms with Crippen LogP contribution in [-0.2, 0) is 11.3 Å². The summed E-state index contributed by atoms with van der Waals surface area (Å²) in [4.78, 5) is 29.6. The van der Waals surface area contributed by atoms with Gasteiger partial charge in [-0.25, -0.2) is 4.52 Å². The fourth-order valence-electron chi connectivity index (χ4n) is 4.61. The van der Waals surface area contributed by atoms with Crippen LogP contribution in [0.25, 0.3) is 15.3 Å². The molecule has 1 saturated heterocycles. The minimum Gasteiger partial charge on any atom is -0.394 e. The van der Waals surface area contributed by atoms with E-state index in [0.717, 1.165) is 34.8 Å². The first-order valence-electron chi connectivity index (χ1n) is 12.3. The van der Waals surface area contributed by atoms with Gasteiger partial charge in [-0.2, -0.15) is 10.2 Å². The molecule has 0 saturated carbocycles. The highest BCUT2D eigenvalue weighted by Gasteiger charge is 2.30. The average molecular weight is 525 g/mol. The number of allylic oxidation sites excluding steroid dienone is 1. The summed E-state index contributed by atoms with van der Waals surface area (Å²) in [5.74, 6) is -0.347. The number of thiazole rings is 1. The van der Waals surface area contributed by atoms with Crippen LogP contribution in [0.5, 0.6) is 0 Å². The lowest BCUT2D eigenvalue weighted by Crippen LogP contribution is -2.41. The SMILES string of the molecule is CC1NC=C(NC(=O)CN2CCC(C)(C)C2)C=C1NC(=O)c1cnn2cc(-c3cnn(CCO)c3)sc12. The molecule has 5 heterocycles. The van der Waals surface area contributed by atoms with E-state index in [2.05, 4.69) is 44.9 Å². The summed E-state index contributed by atoms with van der Waals surface area (Å²) < 4.78 is 3.35. The number of aliphatic hydroxyl groups excluding tert-OH is 1. The van der Waals surface area contributed by atoms with Gasteiger partial charge in [0.15, 0.2) is 0 Å². The topological polar surface area (TPSA) is 129 Å². The zero-order chi connectivity index (χ0) is 26.2. The lowest BCUT2D eigenvalue weighted by Gasteiger charge is -2.24. The number of amides is 2. The van der Waals surface area contributed by atoms with Crippen LogP contribution >= 0.6 is 11.3 Å². The second-order valence-corrected chi connectivity index (χ2v) is 11.4. The van der Waals surface area contributed by atoms with Crippen LogP contribution in [0.2, 0.25) is 0 Å². The molecule has 4 N–H and O–H groups in total. The van der Waals surface area contributed by atoms with Crippen LogP contribution < -0.4 is 16.0 Å². The molecular formula is C25H32N8O3S. The van der Waals surface area contributed by atoms with Gasteiger partial charge in [0.1, 0.15) is 4.83 Å². The lowest BCUT2D eigenvalue weighted by atomic mass is 9.93. The van der Waals surface area contributed by atoms with Crippen molar-refractivity contribution in [3.8, 4) is 10.4 Å². The predicted octanol–water partition coefficient (Wildman–Crippen LogP) is 1.55. The van der Waals surface area contributed by atoms with E-state index in [1.165, 1.54) is 11.3 Å². The summed E-state index contributed by atoms with van der Waals surface area (Å²) >= 11 is 1.45. The largest absolute Gasteiger partial charge is 0.394 e. The van der Waals surface area contributed by atoms with Crippen LogP contribution in [0.4, 0.5) is 0 Å². The predicted molar refractivity (Wildman–Crippen MR) is 141 cm³/mol. The quantitative estimate of drug-likeness (QED) is 0.352. The third-order valence-corrected chi connectivity index (χ3v) is 7.78. The van der Waals surface area contributed by atoms with Crippen molar-refractivity contribution in [2.24, 2.45) is 5.41 Å². The number of rotatable bonds is 8. The van der Waals surface area contributed by atoms with Crippen LogP contribution in [0.3, 0.4) is 0 Å². The number of carbonyl (C=O) groups is 2. The average Bonchev–Trinajstić information content (AvgIpc) is 3.60. The first-order valence-corrected chi connectivity index (χ1v) is 13.1. The smallest absolute Gasteiger partial charge is 0.260 e. The Morgan fingerprint density at radius 3 is 2.84 bits per heavy atom. The third-order valence-electron chi connectivity index (χ3n) is 6.62. The van der Waals surface area contributed by atoms with Crippen LogP contribution in [0.15, 0.2) is 48.5 Å². The monoisotopic (exact) mass is 524 g/mol. The maximum Gasteiger partial charge on any atom is 0.260 e. The molecule has 2 aliphatic rings. The van der Waals surface area contributed by atoms with Crippen molar-refractivity contribution < 1.29 is 14.7 Å². The van der Waals surface area contributed by atoms with Gasteiger partial charge in [-0.05, 0) is 31.4 Å². The Bertz CT molecular complexity index is 1380. The van der Waals surface area contributed by atoms with Crippen molar-refractivity contribution in [1.82, 2.24) is 40.2 Å². The Hall–Kier alpha value is -3.48. The maximum atomic E-state index is 13.2. The number of aromatic nitrogens is 4. The Labute approximate surface area is 218 Å². The van der Waals surface area contributed by atoms with E-state index < -0.39 is 0 Å². The molecule has 196 valence electrons. The van der Waals surface area contributed by atoms with Gasteiger partial charge in [0.25, 0.3) is 5.91 Å². The van der Waals surface area contributed by atoms with E-state index in [0.29, 0.717) is 30.0 Å². The van der Waals surface area contributed by atoms with Gasteiger partial charge in [0.2, 0.25) is 5.91 Å². The molecule has 1 fully saturated rings. The second-order valence-electron chi connectivity index (χ2n) is 10.3. The molecule has 0 aliphatic carbocycles. The van der Waals surface area contributed by atoms with Gasteiger partial charge in [0, 0.05) is 36.4 Å². The fraction of sp³-hybridized carbons (Fsp3) is 0.440. The molecule has 12 heteroatoms. The van der Waals surface area contributed by atoms with Gasteiger partial charge < -0.3 is 21.1 Å². The minimum atomic E-state index is -0.272. The molecule has 2 amide bonds. The number of hydrogen-bond acceptors (Lipinski definition) is 8. The molecular weight excluding hydrogens is 492 g/mol. The first kappa shape index (κ1) is 25.2. The summed E-state index contributed by atoms with van der Waals surface area (Å²) in [6.45, 7) is 8.98. The molecule has 3 aromatic heterocycles. The van der Waals surface area contributed by atoms with Crippen molar-refractivity contribution >= 4 is 28.0 Å². The van der Waals surface area contributed by atoms with Crippen molar-refractivity contribution in [3.63, 3.8) is 0 Å². The third kappa shape index (κ3) is 5.60. The van der Waals surface area contributed by atoms with Gasteiger partial charge in [0.05, 0.1) is 54.3 Å². The van der Waals surface area contributed by atoms with Crippen LogP contribution in [0, 0.1) is 5.41 Å². The highest BCUT2D eigenvalue weighted by molar-refractivity contribution is 7.21. The van der Waals surface area contributed by atoms with Crippen molar-refractivity contribution in [2.75, 3.05) is 26.2 Å². The molecule has 5 rings (SSSR count). The van der Waals surface area contributed by atoms with Gasteiger partial charge in [-0.3, -0.25) is 19.2 Å². The summed E-state index contributed by atoms with van der Waals surface area (Å²) in [5.41, 5.74) is 2.86. The van der Waals surface area contributed by atoms with E-state index in [1.807, 2.05) is 19.3 Å². The van der Waals surface area contributed by atoms with Gasteiger partial charge in [-0.1, -0.05) is 13.8 Å². The molecule has 1 unspecified atom stereocenters. The van der Waals surface area contributed by atoms with Crippen molar-refractivity contribution in [2.45, 2.75) is 39.8 Å². The second kappa shape index (κ2) is 10.1. The van der Waals surface area contributed by atoms with E-state index in [4.69, 9.17) is 5.11 Å². The summed E-state index contributed by atoms with van der Waals surface area (Å²) in [6.07, 6.45) is 11.6. The minimum absolute atomic E-state index is 0.0136. The Kier molecular flexibility index (Phi) is 6.88.